The molecular weight excluding hydrogens is 632 g/mol. The molecule has 9 nitrogen and oxygen atoms in total. The standard InChI is InChI=1S/C41H44N2O7/c1-2-9-27(22-33-19-20-34(24-44)50-33)14-21-37(46)38-28(26-49-32-12-7-4-8-13-32)23-35-39(36(38)25-45)41(48)43(40(35)47)31-17-15-30(16-18-31)42-29-10-5-3-6-11-29/h3-8,10-13,15-20,22,35-37,39,42,44-46H,2,9,14,21,23-26H2,1H3/b27-22+/t35-,36+,37-,39-/m1/s1. The number of anilines is 3. The lowest BCUT2D eigenvalue weighted by Gasteiger charge is -2.36. The van der Waals surface area contributed by atoms with E-state index in [0.29, 0.717) is 41.4 Å². The number of carbonyl (C=O) groups excluding carboxylic acids is 2. The zero-order valence-corrected chi connectivity index (χ0v) is 28.2. The van der Waals surface area contributed by atoms with Crippen LogP contribution in [0.4, 0.5) is 17.1 Å². The number of nitrogens with zero attached hydrogens (tertiary/aromatic N) is 1. The van der Waals surface area contributed by atoms with Crippen LogP contribution in [0.25, 0.3) is 6.08 Å². The maximum atomic E-state index is 14.1. The van der Waals surface area contributed by atoms with Gasteiger partial charge >= 0.3 is 0 Å². The normalized spacial score (nSPS) is 19.9. The molecule has 1 aliphatic carbocycles. The van der Waals surface area contributed by atoms with Crippen molar-refractivity contribution < 1.29 is 34.1 Å². The minimum absolute atomic E-state index is 0.117. The highest BCUT2D eigenvalue weighted by molar-refractivity contribution is 6.22. The third kappa shape index (κ3) is 7.75. The first kappa shape index (κ1) is 34.9. The third-order valence-electron chi connectivity index (χ3n) is 9.58. The molecule has 9 heteroatoms. The summed E-state index contributed by atoms with van der Waals surface area (Å²) in [7, 11) is 0. The molecule has 0 unspecified atom stereocenters. The van der Waals surface area contributed by atoms with Crippen molar-refractivity contribution in [1.29, 1.82) is 0 Å². The van der Waals surface area contributed by atoms with Gasteiger partial charge in [-0.25, -0.2) is 0 Å². The number of ether oxygens (including phenoxy) is 1. The number of allylic oxidation sites excluding steroid dienone is 1. The van der Waals surface area contributed by atoms with Gasteiger partial charge in [0.25, 0.3) is 0 Å². The van der Waals surface area contributed by atoms with Crippen LogP contribution in [0.3, 0.4) is 0 Å². The quantitative estimate of drug-likeness (QED) is 0.0780. The Morgan fingerprint density at radius 1 is 0.920 bits per heavy atom. The molecule has 50 heavy (non-hydrogen) atoms. The molecule has 0 radical (unpaired) electrons. The van der Waals surface area contributed by atoms with E-state index in [2.05, 4.69) is 12.2 Å². The molecule has 1 saturated heterocycles. The number of nitrogens with one attached hydrogen (secondary N) is 1. The molecular formula is C41H44N2O7. The summed E-state index contributed by atoms with van der Waals surface area (Å²) >= 11 is 0. The van der Waals surface area contributed by atoms with Crippen molar-refractivity contribution in [2.45, 2.75) is 51.7 Å². The number of imide groups is 1. The van der Waals surface area contributed by atoms with E-state index >= 15 is 0 Å². The van der Waals surface area contributed by atoms with E-state index in [-0.39, 0.29) is 31.4 Å². The second-order valence-electron chi connectivity index (χ2n) is 12.9. The van der Waals surface area contributed by atoms with Crippen molar-refractivity contribution >= 4 is 35.0 Å². The summed E-state index contributed by atoms with van der Waals surface area (Å²) in [5.41, 5.74) is 4.57. The Morgan fingerprint density at radius 3 is 2.28 bits per heavy atom. The van der Waals surface area contributed by atoms with Crippen LogP contribution in [0.1, 0.15) is 50.5 Å². The Kier molecular flexibility index (Phi) is 11.3. The van der Waals surface area contributed by atoms with Crippen LogP contribution in [0.2, 0.25) is 0 Å². The van der Waals surface area contributed by atoms with E-state index < -0.39 is 30.5 Å². The molecule has 2 heterocycles. The number of carbonyl (C=O) groups is 2. The Bertz CT molecular complexity index is 1810. The van der Waals surface area contributed by atoms with Crippen LogP contribution < -0.4 is 15.0 Å². The van der Waals surface area contributed by atoms with Gasteiger partial charge in [-0.15, -0.1) is 0 Å². The molecule has 4 atom stereocenters. The van der Waals surface area contributed by atoms with Crippen molar-refractivity contribution in [2.24, 2.45) is 17.8 Å². The molecule has 0 bridgehead atoms. The summed E-state index contributed by atoms with van der Waals surface area (Å²) in [6.07, 6.45) is 3.79. The first-order valence-corrected chi connectivity index (χ1v) is 17.3. The van der Waals surface area contributed by atoms with Gasteiger partial charge in [0.15, 0.2) is 0 Å². The molecule has 2 amide bonds. The van der Waals surface area contributed by atoms with Gasteiger partial charge in [-0.2, -0.15) is 0 Å². The fourth-order valence-corrected chi connectivity index (χ4v) is 7.24. The summed E-state index contributed by atoms with van der Waals surface area (Å²) in [5.74, 6) is -1.20. The van der Waals surface area contributed by atoms with Crippen LogP contribution >= 0.6 is 0 Å². The lowest BCUT2D eigenvalue weighted by atomic mass is 9.68. The average Bonchev–Trinajstić information content (AvgIpc) is 3.70. The molecule has 0 saturated carbocycles. The van der Waals surface area contributed by atoms with Crippen molar-refractivity contribution in [3.8, 4) is 5.75 Å². The summed E-state index contributed by atoms with van der Waals surface area (Å²) < 4.78 is 11.8. The van der Waals surface area contributed by atoms with Crippen molar-refractivity contribution in [3.05, 3.63) is 125 Å². The highest BCUT2D eigenvalue weighted by atomic mass is 16.5. The second kappa shape index (κ2) is 16.2. The van der Waals surface area contributed by atoms with Gasteiger partial charge in [-0.1, -0.05) is 55.3 Å². The van der Waals surface area contributed by atoms with Crippen molar-refractivity contribution in [2.75, 3.05) is 23.4 Å². The number of hydrogen-bond acceptors (Lipinski definition) is 8. The predicted molar refractivity (Wildman–Crippen MR) is 193 cm³/mol. The third-order valence-corrected chi connectivity index (χ3v) is 9.58. The number of furan rings is 1. The van der Waals surface area contributed by atoms with E-state index in [4.69, 9.17) is 9.15 Å². The molecule has 2 aliphatic rings. The van der Waals surface area contributed by atoms with Gasteiger partial charge in [-0.3, -0.25) is 14.5 Å². The first-order valence-electron chi connectivity index (χ1n) is 17.3. The summed E-state index contributed by atoms with van der Waals surface area (Å²) in [5, 5.41) is 35.4. The number of para-hydroxylation sites is 2. The topological polar surface area (TPSA) is 132 Å². The summed E-state index contributed by atoms with van der Waals surface area (Å²) in [6.45, 7) is 1.62. The van der Waals surface area contributed by atoms with Gasteiger partial charge in [0, 0.05) is 17.3 Å². The van der Waals surface area contributed by atoms with E-state index in [1.807, 2.05) is 84.9 Å². The first-order chi connectivity index (χ1) is 24.4. The number of rotatable bonds is 15. The fourth-order valence-electron chi connectivity index (χ4n) is 7.24. The number of fused-ring (bicyclic) bond motifs is 1. The summed E-state index contributed by atoms with van der Waals surface area (Å²) in [4.78, 5) is 29.4. The molecule has 1 fully saturated rings. The zero-order valence-electron chi connectivity index (χ0n) is 28.2. The number of aliphatic hydroxyl groups excluding tert-OH is 3. The van der Waals surface area contributed by atoms with Gasteiger partial charge in [-0.05, 0) is 104 Å². The molecule has 4 N–H and O–H groups in total. The number of amides is 2. The Hall–Kier alpha value is -4.96. The van der Waals surface area contributed by atoms with Crippen LogP contribution in [0.15, 0.2) is 118 Å². The van der Waals surface area contributed by atoms with E-state index in [1.165, 1.54) is 4.90 Å². The number of hydrogen-bond donors (Lipinski definition) is 4. The Balaban J connectivity index is 1.26. The van der Waals surface area contributed by atoms with Gasteiger partial charge in [0.05, 0.1) is 30.2 Å². The second-order valence-corrected chi connectivity index (χ2v) is 12.9. The molecule has 6 rings (SSSR count). The number of aliphatic hydroxyl groups is 3. The smallest absolute Gasteiger partial charge is 0.238 e. The number of benzene rings is 3. The molecule has 260 valence electrons. The maximum absolute atomic E-state index is 14.1. The highest BCUT2D eigenvalue weighted by Crippen LogP contribution is 2.47. The highest BCUT2D eigenvalue weighted by Gasteiger charge is 2.55. The van der Waals surface area contributed by atoms with Crippen LogP contribution in [0.5, 0.6) is 5.75 Å². The molecule has 4 aromatic rings. The molecule has 1 aliphatic heterocycles. The van der Waals surface area contributed by atoms with Gasteiger partial charge < -0.3 is 29.8 Å². The minimum Gasteiger partial charge on any atom is -0.489 e. The van der Waals surface area contributed by atoms with E-state index in [9.17, 15) is 24.9 Å². The average molecular weight is 677 g/mol. The molecule has 3 aromatic carbocycles. The van der Waals surface area contributed by atoms with Crippen LogP contribution in [0, 0.1) is 17.8 Å². The zero-order chi connectivity index (χ0) is 35.0. The predicted octanol–water partition coefficient (Wildman–Crippen LogP) is 7.03. The largest absolute Gasteiger partial charge is 0.489 e. The molecule has 1 aromatic heterocycles. The van der Waals surface area contributed by atoms with Crippen molar-refractivity contribution in [1.82, 2.24) is 0 Å². The van der Waals surface area contributed by atoms with Crippen molar-refractivity contribution in [3.63, 3.8) is 0 Å². The Morgan fingerprint density at radius 2 is 1.62 bits per heavy atom. The SMILES string of the molecule is CCC/C(=C\c1ccc(CO)o1)CC[C@@H](O)C1=C(COc2ccccc2)C[C@H]2C(=O)N(c3ccc(Nc4ccccc4)cc3)C(=O)[C@H]2[C@H]1CO. The fraction of sp³-hybridized carbons (Fsp3) is 0.317. The van der Waals surface area contributed by atoms with Crippen LogP contribution in [-0.4, -0.2) is 46.5 Å². The minimum atomic E-state index is -0.979. The molecule has 0 spiro atoms. The van der Waals surface area contributed by atoms with Gasteiger partial charge in [0.1, 0.15) is 30.5 Å². The lowest BCUT2D eigenvalue weighted by molar-refractivity contribution is -0.123. The lowest BCUT2D eigenvalue weighted by Crippen LogP contribution is -2.40. The monoisotopic (exact) mass is 676 g/mol. The van der Waals surface area contributed by atoms with E-state index in [1.54, 1.807) is 18.2 Å². The summed E-state index contributed by atoms with van der Waals surface area (Å²) in [6, 6.07) is 29.7. The van der Waals surface area contributed by atoms with Gasteiger partial charge in [0.2, 0.25) is 11.8 Å². The maximum Gasteiger partial charge on any atom is 0.238 e. The van der Waals surface area contributed by atoms with E-state index in [0.717, 1.165) is 35.4 Å². The Labute approximate surface area is 292 Å². The van der Waals surface area contributed by atoms with Crippen LogP contribution in [-0.2, 0) is 16.2 Å².